The maximum atomic E-state index is 11.9. The first-order valence-electron chi connectivity index (χ1n) is 5.89. The highest BCUT2D eigenvalue weighted by atomic mass is 16.4. The second-order valence-electron chi connectivity index (χ2n) is 5.27. The van der Waals surface area contributed by atoms with Gasteiger partial charge < -0.3 is 16.2 Å². The molecule has 0 spiro atoms. The quantitative estimate of drug-likeness (QED) is 0.660. The molecule has 1 aromatic rings. The van der Waals surface area contributed by atoms with Gasteiger partial charge in [-0.3, -0.25) is 9.48 Å². The second kappa shape index (κ2) is 5.79. The van der Waals surface area contributed by atoms with E-state index in [1.54, 1.807) is 20.8 Å². The molecule has 0 aromatic carbocycles. The van der Waals surface area contributed by atoms with Gasteiger partial charge in [-0.15, -0.1) is 5.10 Å². The Morgan fingerprint density at radius 2 is 2.16 bits per heavy atom. The Balaban J connectivity index is 2.79. The van der Waals surface area contributed by atoms with E-state index in [1.165, 1.54) is 10.9 Å². The molecule has 0 fully saturated rings. The van der Waals surface area contributed by atoms with Gasteiger partial charge in [0.15, 0.2) is 5.69 Å². The lowest BCUT2D eigenvalue weighted by Crippen LogP contribution is -2.49. The lowest BCUT2D eigenvalue weighted by atomic mass is 9.87. The summed E-state index contributed by atoms with van der Waals surface area (Å²) in [5.41, 5.74) is 4.83. The van der Waals surface area contributed by atoms with Crippen LogP contribution >= 0.6 is 0 Å². The predicted molar refractivity (Wildman–Crippen MR) is 67.4 cm³/mol. The smallest absolute Gasteiger partial charge is 0.326 e. The molecule has 0 bridgehead atoms. The Labute approximate surface area is 111 Å². The SMILES string of the molecule is CC(C)(C)[C@H](NC(=O)c1cn(CCN)nn1)C(=O)O. The van der Waals surface area contributed by atoms with Gasteiger partial charge in [-0.25, -0.2) is 4.79 Å². The number of carbonyl (C=O) groups excluding carboxylic acids is 1. The summed E-state index contributed by atoms with van der Waals surface area (Å²) in [6.07, 6.45) is 1.43. The van der Waals surface area contributed by atoms with Gasteiger partial charge in [0.2, 0.25) is 0 Å². The van der Waals surface area contributed by atoms with E-state index in [1.807, 2.05) is 0 Å². The van der Waals surface area contributed by atoms with Gasteiger partial charge in [0, 0.05) is 6.54 Å². The summed E-state index contributed by atoms with van der Waals surface area (Å²) in [7, 11) is 0. The molecule has 0 aliphatic heterocycles. The first-order chi connectivity index (χ1) is 8.75. The fourth-order valence-electron chi connectivity index (χ4n) is 1.50. The fourth-order valence-corrected chi connectivity index (χ4v) is 1.50. The predicted octanol–water partition coefficient (Wildman–Crippen LogP) is -0.534. The Bertz CT molecular complexity index is 463. The number of aliphatic carboxylic acids is 1. The number of amides is 1. The molecule has 4 N–H and O–H groups in total. The molecule has 8 nitrogen and oxygen atoms in total. The molecule has 1 heterocycles. The topological polar surface area (TPSA) is 123 Å². The van der Waals surface area contributed by atoms with E-state index in [0.29, 0.717) is 13.1 Å². The molecule has 0 aliphatic rings. The summed E-state index contributed by atoms with van der Waals surface area (Å²) in [5, 5.41) is 19.0. The van der Waals surface area contributed by atoms with Crippen LogP contribution in [-0.2, 0) is 11.3 Å². The number of nitrogens with two attached hydrogens (primary N) is 1. The van der Waals surface area contributed by atoms with Crippen molar-refractivity contribution in [2.24, 2.45) is 11.1 Å². The maximum absolute atomic E-state index is 11.9. The maximum Gasteiger partial charge on any atom is 0.326 e. The van der Waals surface area contributed by atoms with Gasteiger partial charge >= 0.3 is 5.97 Å². The van der Waals surface area contributed by atoms with Crippen molar-refractivity contribution in [2.75, 3.05) is 6.54 Å². The molecule has 19 heavy (non-hydrogen) atoms. The number of rotatable bonds is 5. The monoisotopic (exact) mass is 269 g/mol. The summed E-state index contributed by atoms with van der Waals surface area (Å²) in [5.74, 6) is -1.65. The molecule has 1 aromatic heterocycles. The average Bonchev–Trinajstić information content (AvgIpc) is 2.72. The normalized spacial score (nSPS) is 13.1. The molecule has 0 unspecified atom stereocenters. The van der Waals surface area contributed by atoms with Crippen molar-refractivity contribution < 1.29 is 14.7 Å². The number of aromatic nitrogens is 3. The number of nitrogens with zero attached hydrogens (tertiary/aromatic N) is 3. The number of hydrogen-bond donors (Lipinski definition) is 3. The third-order valence-electron chi connectivity index (χ3n) is 2.52. The van der Waals surface area contributed by atoms with Crippen LogP contribution in [0, 0.1) is 5.41 Å². The van der Waals surface area contributed by atoms with E-state index < -0.39 is 23.3 Å². The van der Waals surface area contributed by atoms with E-state index in [2.05, 4.69) is 15.6 Å². The first kappa shape index (κ1) is 15.1. The largest absolute Gasteiger partial charge is 0.480 e. The van der Waals surface area contributed by atoms with Gasteiger partial charge in [0.25, 0.3) is 5.91 Å². The minimum Gasteiger partial charge on any atom is -0.480 e. The fraction of sp³-hybridized carbons (Fsp3) is 0.636. The molecule has 0 saturated heterocycles. The number of nitrogens with one attached hydrogen (secondary N) is 1. The van der Waals surface area contributed by atoms with Gasteiger partial charge in [-0.05, 0) is 5.41 Å². The summed E-state index contributed by atoms with van der Waals surface area (Å²) in [4.78, 5) is 23.1. The highest BCUT2D eigenvalue weighted by molar-refractivity contribution is 5.94. The van der Waals surface area contributed by atoms with Crippen molar-refractivity contribution >= 4 is 11.9 Å². The molecule has 1 atom stereocenters. The summed E-state index contributed by atoms with van der Waals surface area (Å²) >= 11 is 0. The van der Waals surface area contributed by atoms with Crippen LogP contribution in [0.5, 0.6) is 0 Å². The van der Waals surface area contributed by atoms with E-state index in [-0.39, 0.29) is 5.69 Å². The van der Waals surface area contributed by atoms with Crippen LogP contribution in [0.2, 0.25) is 0 Å². The molecule has 106 valence electrons. The van der Waals surface area contributed by atoms with Crippen molar-refractivity contribution in [1.82, 2.24) is 20.3 Å². The standard InChI is InChI=1S/C11H19N5O3/c1-11(2,3)8(10(18)19)13-9(17)7-6-16(5-4-12)15-14-7/h6,8H,4-5,12H2,1-3H3,(H,13,17)(H,18,19)/t8-/m1/s1. The molecule has 0 radical (unpaired) electrons. The van der Waals surface area contributed by atoms with Crippen LogP contribution in [0.25, 0.3) is 0 Å². The van der Waals surface area contributed by atoms with Gasteiger partial charge in [0.1, 0.15) is 6.04 Å². The van der Waals surface area contributed by atoms with Crippen molar-refractivity contribution in [3.05, 3.63) is 11.9 Å². The van der Waals surface area contributed by atoms with Crippen LogP contribution in [0.1, 0.15) is 31.3 Å². The van der Waals surface area contributed by atoms with Crippen molar-refractivity contribution in [1.29, 1.82) is 0 Å². The Morgan fingerprint density at radius 3 is 2.63 bits per heavy atom. The third kappa shape index (κ3) is 4.02. The minimum absolute atomic E-state index is 0.0731. The zero-order chi connectivity index (χ0) is 14.6. The van der Waals surface area contributed by atoms with Crippen molar-refractivity contribution in [3.8, 4) is 0 Å². The average molecular weight is 269 g/mol. The van der Waals surface area contributed by atoms with Crippen LogP contribution in [0.15, 0.2) is 6.20 Å². The molecular weight excluding hydrogens is 250 g/mol. The molecule has 1 amide bonds. The lowest BCUT2D eigenvalue weighted by molar-refractivity contribution is -0.142. The van der Waals surface area contributed by atoms with Crippen molar-refractivity contribution in [3.63, 3.8) is 0 Å². The first-order valence-corrected chi connectivity index (χ1v) is 5.89. The minimum atomic E-state index is -1.09. The van der Waals surface area contributed by atoms with Crippen LogP contribution in [-0.4, -0.2) is 44.6 Å². The number of hydrogen-bond acceptors (Lipinski definition) is 5. The number of carbonyl (C=O) groups is 2. The summed E-state index contributed by atoms with van der Waals surface area (Å²) in [6, 6.07) is -1.00. The number of carboxylic acids is 1. The second-order valence-corrected chi connectivity index (χ2v) is 5.27. The zero-order valence-corrected chi connectivity index (χ0v) is 11.3. The highest BCUT2D eigenvalue weighted by Crippen LogP contribution is 2.19. The molecule has 1 rings (SSSR count). The number of carboxylic acid groups (broad SMARTS) is 1. The van der Waals surface area contributed by atoms with Crippen molar-refractivity contribution in [2.45, 2.75) is 33.4 Å². The lowest BCUT2D eigenvalue weighted by Gasteiger charge is -2.27. The van der Waals surface area contributed by atoms with Gasteiger partial charge in [-0.1, -0.05) is 26.0 Å². The Hall–Kier alpha value is -1.96. The van der Waals surface area contributed by atoms with Gasteiger partial charge in [0.05, 0.1) is 12.7 Å². The van der Waals surface area contributed by atoms with Crippen LogP contribution in [0.4, 0.5) is 0 Å². The van der Waals surface area contributed by atoms with E-state index in [0.717, 1.165) is 0 Å². The summed E-state index contributed by atoms with van der Waals surface area (Å²) < 4.78 is 1.43. The third-order valence-corrected chi connectivity index (χ3v) is 2.52. The zero-order valence-electron chi connectivity index (χ0n) is 11.3. The Kier molecular flexibility index (Phi) is 4.60. The van der Waals surface area contributed by atoms with Gasteiger partial charge in [-0.2, -0.15) is 0 Å². The van der Waals surface area contributed by atoms with Crippen LogP contribution in [0.3, 0.4) is 0 Å². The molecular formula is C11H19N5O3. The molecule has 0 saturated carbocycles. The summed E-state index contributed by atoms with van der Waals surface area (Å²) in [6.45, 7) is 6.03. The van der Waals surface area contributed by atoms with E-state index in [9.17, 15) is 9.59 Å². The highest BCUT2D eigenvalue weighted by Gasteiger charge is 2.33. The Morgan fingerprint density at radius 1 is 1.53 bits per heavy atom. The molecule has 8 heteroatoms. The van der Waals surface area contributed by atoms with E-state index in [4.69, 9.17) is 10.8 Å². The van der Waals surface area contributed by atoms with Crippen LogP contribution < -0.4 is 11.1 Å². The van der Waals surface area contributed by atoms with E-state index >= 15 is 0 Å². The molecule has 0 aliphatic carbocycles.